The van der Waals surface area contributed by atoms with Crippen LogP contribution in [0.5, 0.6) is 5.75 Å². The van der Waals surface area contributed by atoms with Crippen LogP contribution in [0.4, 0.5) is 4.39 Å². The van der Waals surface area contributed by atoms with Gasteiger partial charge in [-0.25, -0.2) is 4.39 Å². The molecule has 0 aliphatic carbocycles. The van der Waals surface area contributed by atoms with Gasteiger partial charge in [-0.15, -0.1) is 0 Å². The Morgan fingerprint density at radius 2 is 1.76 bits per heavy atom. The zero-order valence-electron chi connectivity index (χ0n) is 13.8. The molecule has 1 atom stereocenters. The molecule has 6 heteroatoms. The van der Waals surface area contributed by atoms with Crippen molar-refractivity contribution >= 4 is 11.9 Å². The molecule has 0 aromatic heterocycles. The van der Waals surface area contributed by atoms with Crippen molar-refractivity contribution in [2.75, 3.05) is 6.61 Å². The fraction of sp³-hybridized carbons (Fsp3) is 0.263. The lowest BCUT2D eigenvalue weighted by Gasteiger charge is -2.20. The quantitative estimate of drug-likeness (QED) is 0.796. The summed E-state index contributed by atoms with van der Waals surface area (Å²) in [4.78, 5) is 23.3. The summed E-state index contributed by atoms with van der Waals surface area (Å²) in [7, 11) is 0. The minimum atomic E-state index is -1.28. The molecule has 0 spiro atoms. The van der Waals surface area contributed by atoms with Gasteiger partial charge in [0.15, 0.2) is 0 Å². The maximum absolute atomic E-state index is 12.9. The average molecular weight is 344 g/mol. The maximum Gasteiger partial charge on any atom is 0.251 e. The number of carboxylic acid groups (broad SMARTS) is 1. The molecule has 2 aromatic rings. The van der Waals surface area contributed by atoms with Gasteiger partial charge in [-0.1, -0.05) is 19.1 Å². The number of ether oxygens (including phenoxy) is 1. The van der Waals surface area contributed by atoms with Gasteiger partial charge in [-0.05, 0) is 48.4 Å². The van der Waals surface area contributed by atoms with E-state index in [-0.39, 0.29) is 12.0 Å². The summed E-state index contributed by atoms with van der Waals surface area (Å²) in [6.45, 7) is 2.58. The van der Waals surface area contributed by atoms with Gasteiger partial charge in [-0.2, -0.15) is 0 Å². The molecule has 0 aliphatic heterocycles. The maximum atomic E-state index is 12.9. The number of aliphatic carboxylic acids is 1. The van der Waals surface area contributed by atoms with Crippen LogP contribution in [0.15, 0.2) is 48.5 Å². The van der Waals surface area contributed by atoms with Crippen LogP contribution < -0.4 is 15.2 Å². The van der Waals surface area contributed by atoms with E-state index >= 15 is 0 Å². The van der Waals surface area contributed by atoms with Gasteiger partial charge in [0.2, 0.25) is 0 Å². The van der Waals surface area contributed by atoms with Gasteiger partial charge in [0.1, 0.15) is 11.6 Å². The highest BCUT2D eigenvalue weighted by molar-refractivity contribution is 5.94. The molecule has 0 fully saturated rings. The molecule has 0 bridgehead atoms. The average Bonchev–Trinajstić information content (AvgIpc) is 2.60. The molecule has 5 nitrogen and oxygen atoms in total. The normalized spacial score (nSPS) is 11.6. The standard InChI is InChI=1S/C19H20FNO4/c1-2-11-25-16-9-5-13(6-10-16)17(12-18(22)23)21-19(24)14-3-7-15(20)8-4-14/h3-10,17H,2,11-12H2,1H3,(H,21,24)(H,22,23)/p-1/t17-/m0/s1. The second-order valence-electron chi connectivity index (χ2n) is 5.53. The van der Waals surface area contributed by atoms with Gasteiger partial charge >= 0.3 is 0 Å². The van der Waals surface area contributed by atoms with Crippen molar-refractivity contribution in [3.8, 4) is 5.75 Å². The second-order valence-corrected chi connectivity index (χ2v) is 5.53. The Morgan fingerprint density at radius 3 is 2.32 bits per heavy atom. The number of hydrogen-bond donors (Lipinski definition) is 1. The lowest BCUT2D eigenvalue weighted by molar-refractivity contribution is -0.306. The summed E-state index contributed by atoms with van der Waals surface area (Å²) >= 11 is 0. The third-order valence-electron chi connectivity index (χ3n) is 3.54. The second kappa shape index (κ2) is 8.82. The minimum Gasteiger partial charge on any atom is -0.550 e. The highest BCUT2D eigenvalue weighted by Crippen LogP contribution is 2.21. The number of amides is 1. The topological polar surface area (TPSA) is 78.5 Å². The van der Waals surface area contributed by atoms with E-state index in [1.54, 1.807) is 24.3 Å². The van der Waals surface area contributed by atoms with Crippen LogP contribution >= 0.6 is 0 Å². The Balaban J connectivity index is 2.13. The van der Waals surface area contributed by atoms with Crippen LogP contribution in [-0.2, 0) is 4.79 Å². The van der Waals surface area contributed by atoms with E-state index in [4.69, 9.17) is 4.74 Å². The molecule has 0 radical (unpaired) electrons. The fourth-order valence-corrected chi connectivity index (χ4v) is 2.28. The van der Waals surface area contributed by atoms with E-state index in [1.165, 1.54) is 24.3 Å². The van der Waals surface area contributed by atoms with E-state index in [0.29, 0.717) is 17.9 Å². The molecule has 132 valence electrons. The number of nitrogens with one attached hydrogen (secondary N) is 1. The number of hydrogen-bond acceptors (Lipinski definition) is 4. The van der Waals surface area contributed by atoms with Crippen LogP contribution in [0.2, 0.25) is 0 Å². The van der Waals surface area contributed by atoms with E-state index in [2.05, 4.69) is 5.32 Å². The number of halogens is 1. The smallest absolute Gasteiger partial charge is 0.251 e. The van der Waals surface area contributed by atoms with E-state index in [9.17, 15) is 19.1 Å². The summed E-state index contributed by atoms with van der Waals surface area (Å²) in [5.74, 6) is -1.55. The van der Waals surface area contributed by atoms with E-state index < -0.39 is 23.7 Å². The molecule has 2 rings (SSSR count). The van der Waals surface area contributed by atoms with Crippen molar-refractivity contribution in [2.24, 2.45) is 0 Å². The van der Waals surface area contributed by atoms with E-state index in [0.717, 1.165) is 6.42 Å². The van der Waals surface area contributed by atoms with Crippen molar-refractivity contribution in [1.82, 2.24) is 5.32 Å². The summed E-state index contributed by atoms with van der Waals surface area (Å²) in [6, 6.07) is 11.1. The van der Waals surface area contributed by atoms with E-state index in [1.807, 2.05) is 6.92 Å². The third-order valence-corrected chi connectivity index (χ3v) is 3.54. The van der Waals surface area contributed by atoms with Crippen molar-refractivity contribution < 1.29 is 23.8 Å². The molecule has 25 heavy (non-hydrogen) atoms. The predicted octanol–water partition coefficient (Wildman–Crippen LogP) is 2.23. The first-order valence-electron chi connectivity index (χ1n) is 7.98. The highest BCUT2D eigenvalue weighted by atomic mass is 19.1. The highest BCUT2D eigenvalue weighted by Gasteiger charge is 2.16. The zero-order valence-corrected chi connectivity index (χ0v) is 13.8. The first kappa shape index (κ1) is 18.4. The van der Waals surface area contributed by atoms with Crippen LogP contribution in [0.3, 0.4) is 0 Å². The minimum absolute atomic E-state index is 0.243. The van der Waals surface area contributed by atoms with Crippen molar-refractivity contribution in [3.63, 3.8) is 0 Å². The zero-order chi connectivity index (χ0) is 18.2. The Bertz CT molecular complexity index is 713. The van der Waals surface area contributed by atoms with Crippen molar-refractivity contribution in [3.05, 3.63) is 65.5 Å². The Kier molecular flexibility index (Phi) is 6.51. The van der Waals surface area contributed by atoms with Crippen LogP contribution in [0, 0.1) is 5.82 Å². The summed E-state index contributed by atoms with van der Waals surface area (Å²) in [5, 5.41) is 13.7. The van der Waals surface area contributed by atoms with Crippen molar-refractivity contribution in [1.29, 1.82) is 0 Å². The number of rotatable bonds is 8. The SMILES string of the molecule is CCCOc1ccc([C@H](CC(=O)[O-])NC(=O)c2ccc(F)cc2)cc1. The Labute approximate surface area is 145 Å². The molecule has 0 heterocycles. The molecule has 1 amide bonds. The first-order chi connectivity index (χ1) is 12.0. The summed E-state index contributed by atoms with van der Waals surface area (Å²) < 4.78 is 18.4. The van der Waals surface area contributed by atoms with Gasteiger partial charge in [0.25, 0.3) is 5.91 Å². The number of benzene rings is 2. The number of carbonyl (C=O) groups is 2. The lowest BCUT2D eigenvalue weighted by atomic mass is 10.0. The molecule has 1 N–H and O–H groups in total. The van der Waals surface area contributed by atoms with Gasteiger partial charge in [0.05, 0.1) is 12.6 Å². The summed E-state index contributed by atoms with van der Waals surface area (Å²) in [5.41, 5.74) is 0.858. The summed E-state index contributed by atoms with van der Waals surface area (Å²) in [6.07, 6.45) is 0.505. The Morgan fingerprint density at radius 1 is 1.12 bits per heavy atom. The third kappa shape index (κ3) is 5.60. The predicted molar refractivity (Wildman–Crippen MR) is 88.5 cm³/mol. The molecular formula is C19H19FNO4-. The van der Waals surface area contributed by atoms with Gasteiger partial charge in [-0.3, -0.25) is 4.79 Å². The molecule has 0 aliphatic rings. The Hall–Kier alpha value is -2.89. The molecule has 0 unspecified atom stereocenters. The molecule has 0 saturated heterocycles. The number of carboxylic acids is 1. The molecule has 2 aromatic carbocycles. The monoisotopic (exact) mass is 344 g/mol. The largest absolute Gasteiger partial charge is 0.550 e. The molecule has 0 saturated carbocycles. The van der Waals surface area contributed by atoms with Crippen molar-refractivity contribution in [2.45, 2.75) is 25.8 Å². The van der Waals surface area contributed by atoms with Crippen LogP contribution in [0.1, 0.15) is 41.7 Å². The molecular weight excluding hydrogens is 325 g/mol. The fourth-order valence-electron chi connectivity index (χ4n) is 2.28. The van der Waals surface area contributed by atoms with Gasteiger partial charge in [0, 0.05) is 18.0 Å². The lowest BCUT2D eigenvalue weighted by Crippen LogP contribution is -2.34. The van der Waals surface area contributed by atoms with Crippen LogP contribution in [0.25, 0.3) is 0 Å². The number of carbonyl (C=O) groups excluding carboxylic acids is 2. The first-order valence-corrected chi connectivity index (χ1v) is 7.98. The van der Waals surface area contributed by atoms with Gasteiger partial charge < -0.3 is 20.0 Å². The van der Waals surface area contributed by atoms with Crippen LogP contribution in [-0.4, -0.2) is 18.5 Å².